The minimum atomic E-state index is -4.05. The van der Waals surface area contributed by atoms with Crippen LogP contribution >= 0.6 is 0 Å². The van der Waals surface area contributed by atoms with E-state index in [4.69, 9.17) is 0 Å². The SMILES string of the molecule is CCn1c(=O)n(CC)c2cc(NC3=C(C(=O)Nc4ccccc4)S(=O)(=O)c4ccccc43)ccc21. The molecule has 35 heavy (non-hydrogen) atoms. The summed E-state index contributed by atoms with van der Waals surface area (Å²) in [5.74, 6) is -0.724. The van der Waals surface area contributed by atoms with Gasteiger partial charge in [0.1, 0.15) is 0 Å². The Labute approximate surface area is 202 Å². The number of imidazole rings is 1. The molecule has 0 aliphatic carbocycles. The zero-order valence-corrected chi connectivity index (χ0v) is 20.1. The summed E-state index contributed by atoms with van der Waals surface area (Å²) in [7, 11) is -4.05. The number of hydrogen-bond acceptors (Lipinski definition) is 5. The molecule has 2 N–H and O–H groups in total. The summed E-state index contributed by atoms with van der Waals surface area (Å²) in [5, 5.41) is 5.87. The lowest BCUT2D eigenvalue weighted by Crippen LogP contribution is -2.23. The van der Waals surface area contributed by atoms with Crippen LogP contribution in [0, 0.1) is 0 Å². The number of carbonyl (C=O) groups is 1. The Balaban J connectivity index is 1.65. The minimum absolute atomic E-state index is 0.0735. The van der Waals surface area contributed by atoms with Crippen LogP contribution in [0.15, 0.2) is 87.4 Å². The molecule has 4 aromatic rings. The smallest absolute Gasteiger partial charge is 0.329 e. The van der Waals surface area contributed by atoms with Crippen molar-refractivity contribution < 1.29 is 13.2 Å². The molecule has 5 rings (SSSR count). The molecule has 0 atom stereocenters. The summed E-state index contributed by atoms with van der Waals surface area (Å²) in [6.07, 6.45) is 0. The highest BCUT2D eigenvalue weighted by Crippen LogP contribution is 2.40. The van der Waals surface area contributed by atoms with Crippen LogP contribution < -0.4 is 16.3 Å². The zero-order chi connectivity index (χ0) is 24.7. The molecule has 0 radical (unpaired) electrons. The molecule has 0 bridgehead atoms. The number of nitrogens with one attached hydrogen (secondary N) is 2. The van der Waals surface area contributed by atoms with E-state index in [1.165, 1.54) is 6.07 Å². The Kier molecular flexibility index (Phi) is 5.56. The van der Waals surface area contributed by atoms with Gasteiger partial charge in [-0.05, 0) is 50.2 Å². The number of fused-ring (bicyclic) bond motifs is 2. The molecule has 8 nitrogen and oxygen atoms in total. The molecule has 0 saturated carbocycles. The van der Waals surface area contributed by atoms with Crippen LogP contribution in [0.5, 0.6) is 0 Å². The summed E-state index contributed by atoms with van der Waals surface area (Å²) in [4.78, 5) is 25.7. The van der Waals surface area contributed by atoms with Crippen molar-refractivity contribution in [3.8, 4) is 0 Å². The van der Waals surface area contributed by atoms with E-state index < -0.39 is 15.7 Å². The van der Waals surface area contributed by atoms with Gasteiger partial charge in [-0.15, -0.1) is 0 Å². The van der Waals surface area contributed by atoms with E-state index in [1.807, 2.05) is 26.0 Å². The average molecular weight is 489 g/mol. The molecule has 9 heteroatoms. The van der Waals surface area contributed by atoms with Gasteiger partial charge in [0.2, 0.25) is 9.84 Å². The van der Waals surface area contributed by atoms with E-state index >= 15 is 0 Å². The number of para-hydroxylation sites is 1. The molecule has 1 aliphatic rings. The van der Waals surface area contributed by atoms with E-state index in [9.17, 15) is 18.0 Å². The van der Waals surface area contributed by atoms with Crippen molar-refractivity contribution in [1.82, 2.24) is 9.13 Å². The third-order valence-corrected chi connectivity index (χ3v) is 7.96. The molecule has 0 unspecified atom stereocenters. The molecule has 2 heterocycles. The number of aromatic nitrogens is 2. The fourth-order valence-corrected chi connectivity index (χ4v) is 6.16. The summed E-state index contributed by atoms with van der Waals surface area (Å²) >= 11 is 0. The van der Waals surface area contributed by atoms with Crippen LogP contribution in [0.2, 0.25) is 0 Å². The standard InChI is InChI=1S/C26H24N4O4S/c1-3-29-20-15-14-18(16-21(20)30(4-2)26(29)32)27-23-19-12-8-9-13-22(19)35(33,34)24(23)25(31)28-17-10-6-5-7-11-17/h5-16,27H,3-4H2,1-2H3,(H,28,31). The molecular formula is C26H24N4O4S. The Hall–Kier alpha value is -4.11. The van der Waals surface area contributed by atoms with Crippen molar-refractivity contribution in [2.45, 2.75) is 31.8 Å². The van der Waals surface area contributed by atoms with Gasteiger partial charge in [-0.25, -0.2) is 13.2 Å². The second-order valence-electron chi connectivity index (χ2n) is 8.12. The number of hydrogen-bond donors (Lipinski definition) is 2. The highest BCUT2D eigenvalue weighted by Gasteiger charge is 2.40. The number of carbonyl (C=O) groups excluding carboxylic acids is 1. The first-order valence-corrected chi connectivity index (χ1v) is 12.8. The van der Waals surface area contributed by atoms with E-state index in [1.54, 1.807) is 63.7 Å². The molecule has 1 aromatic heterocycles. The van der Waals surface area contributed by atoms with Crippen LogP contribution in [0.1, 0.15) is 19.4 Å². The minimum Gasteiger partial charge on any atom is -0.354 e. The van der Waals surface area contributed by atoms with Crippen LogP contribution in [0.4, 0.5) is 11.4 Å². The lowest BCUT2D eigenvalue weighted by atomic mass is 10.1. The maximum Gasteiger partial charge on any atom is 0.329 e. The fourth-order valence-electron chi connectivity index (χ4n) is 4.50. The molecule has 178 valence electrons. The van der Waals surface area contributed by atoms with Gasteiger partial charge in [0, 0.05) is 30.0 Å². The highest BCUT2D eigenvalue weighted by molar-refractivity contribution is 7.97. The Morgan fingerprint density at radius 1 is 0.829 bits per heavy atom. The van der Waals surface area contributed by atoms with Crippen LogP contribution in [0.25, 0.3) is 16.7 Å². The van der Waals surface area contributed by atoms with Crippen LogP contribution in [-0.2, 0) is 27.7 Å². The predicted molar refractivity (Wildman–Crippen MR) is 137 cm³/mol. The Morgan fingerprint density at radius 2 is 1.49 bits per heavy atom. The third-order valence-electron chi connectivity index (χ3n) is 6.10. The highest BCUT2D eigenvalue weighted by atomic mass is 32.2. The van der Waals surface area contributed by atoms with Crippen LogP contribution in [0.3, 0.4) is 0 Å². The topological polar surface area (TPSA) is 102 Å². The summed E-state index contributed by atoms with van der Waals surface area (Å²) in [6, 6.07) is 20.6. The van der Waals surface area contributed by atoms with Crippen LogP contribution in [-0.4, -0.2) is 23.5 Å². The number of anilines is 2. The first-order valence-electron chi connectivity index (χ1n) is 11.3. The van der Waals surface area contributed by atoms with Gasteiger partial charge in [-0.3, -0.25) is 13.9 Å². The largest absolute Gasteiger partial charge is 0.354 e. The van der Waals surface area contributed by atoms with Crippen molar-refractivity contribution in [2.24, 2.45) is 0 Å². The maximum atomic E-state index is 13.4. The van der Waals surface area contributed by atoms with Gasteiger partial charge in [0.15, 0.2) is 4.91 Å². The zero-order valence-electron chi connectivity index (χ0n) is 19.3. The Bertz CT molecular complexity index is 1660. The van der Waals surface area contributed by atoms with Gasteiger partial charge >= 0.3 is 5.69 Å². The molecule has 3 aromatic carbocycles. The third kappa shape index (κ3) is 3.64. The first kappa shape index (κ1) is 22.7. The lowest BCUT2D eigenvalue weighted by Gasteiger charge is -2.12. The van der Waals surface area contributed by atoms with Crippen molar-refractivity contribution >= 4 is 43.8 Å². The van der Waals surface area contributed by atoms with E-state index in [0.29, 0.717) is 30.0 Å². The quantitative estimate of drug-likeness (QED) is 0.426. The number of benzene rings is 3. The number of rotatable bonds is 6. The van der Waals surface area contributed by atoms with Gasteiger partial charge in [-0.1, -0.05) is 36.4 Å². The fraction of sp³-hybridized carbons (Fsp3) is 0.154. The molecule has 0 saturated heterocycles. The lowest BCUT2D eigenvalue weighted by molar-refractivity contribution is -0.112. The van der Waals surface area contributed by atoms with Gasteiger partial charge in [-0.2, -0.15) is 0 Å². The summed E-state index contributed by atoms with van der Waals surface area (Å²) < 4.78 is 30.2. The second kappa shape index (κ2) is 8.59. The van der Waals surface area contributed by atoms with Gasteiger partial charge < -0.3 is 10.6 Å². The number of nitrogens with zero attached hydrogens (tertiary/aromatic N) is 2. The van der Waals surface area contributed by atoms with Gasteiger partial charge in [0.25, 0.3) is 5.91 Å². The van der Waals surface area contributed by atoms with Crippen molar-refractivity contribution in [1.29, 1.82) is 0 Å². The van der Waals surface area contributed by atoms with E-state index in [-0.39, 0.29) is 21.2 Å². The molecule has 0 fully saturated rings. The monoisotopic (exact) mass is 488 g/mol. The summed E-state index contributed by atoms with van der Waals surface area (Å²) in [6.45, 7) is 4.84. The normalized spacial score (nSPS) is 14.2. The predicted octanol–water partition coefficient (Wildman–Crippen LogP) is 4.05. The second-order valence-corrected chi connectivity index (χ2v) is 9.98. The van der Waals surface area contributed by atoms with Crippen molar-refractivity contribution in [2.75, 3.05) is 10.6 Å². The van der Waals surface area contributed by atoms with Crippen molar-refractivity contribution in [3.05, 3.63) is 93.7 Å². The number of aryl methyl sites for hydroxylation is 2. The molecule has 1 amide bonds. The first-order chi connectivity index (χ1) is 16.9. The summed E-state index contributed by atoms with van der Waals surface area (Å²) in [5.41, 5.74) is 3.11. The number of amides is 1. The van der Waals surface area contributed by atoms with E-state index in [0.717, 1.165) is 11.0 Å². The van der Waals surface area contributed by atoms with Crippen molar-refractivity contribution in [3.63, 3.8) is 0 Å². The van der Waals surface area contributed by atoms with Gasteiger partial charge in [0.05, 0.1) is 21.6 Å². The molecule has 1 aliphatic heterocycles. The maximum absolute atomic E-state index is 13.4. The average Bonchev–Trinajstić information content (AvgIpc) is 3.25. The number of sulfone groups is 1. The Morgan fingerprint density at radius 3 is 2.20 bits per heavy atom. The molecular weight excluding hydrogens is 464 g/mol. The molecule has 0 spiro atoms. The van der Waals surface area contributed by atoms with E-state index in [2.05, 4.69) is 10.6 Å².